The van der Waals surface area contributed by atoms with E-state index in [4.69, 9.17) is 4.74 Å². The van der Waals surface area contributed by atoms with Gasteiger partial charge in [0, 0.05) is 45.1 Å². The number of amides is 1. The summed E-state index contributed by atoms with van der Waals surface area (Å²) in [5, 5.41) is 7.32. The average Bonchev–Trinajstić information content (AvgIpc) is 2.99. The molecule has 0 aliphatic carbocycles. The fourth-order valence-corrected chi connectivity index (χ4v) is 2.66. The Hall–Kier alpha value is -1.43. The smallest absolute Gasteiger partial charge is 0.223 e. The van der Waals surface area contributed by atoms with Crippen molar-refractivity contribution in [1.29, 1.82) is 0 Å². The van der Waals surface area contributed by atoms with Gasteiger partial charge < -0.3 is 9.64 Å². The van der Waals surface area contributed by atoms with E-state index >= 15 is 0 Å². The van der Waals surface area contributed by atoms with Gasteiger partial charge in [-0.3, -0.25) is 9.89 Å². The van der Waals surface area contributed by atoms with Crippen molar-refractivity contribution in [3.63, 3.8) is 0 Å². The highest BCUT2D eigenvalue weighted by Gasteiger charge is 2.31. The highest BCUT2D eigenvalue weighted by atomic mass is 16.5. The first kappa shape index (κ1) is 11.6. The Kier molecular flexibility index (Phi) is 3.03. The first-order valence-corrected chi connectivity index (χ1v) is 6.48. The van der Waals surface area contributed by atoms with E-state index in [1.54, 1.807) is 4.90 Å². The first-order chi connectivity index (χ1) is 8.74. The number of likely N-dealkylation sites (N-methyl/N-ethyl adjacent to an activating group) is 1. The number of carbonyl (C=O) groups excluding carboxylic acids is 1. The SMILES string of the molecule is CN1CC(c2n[nH]c(C3CCOCC3)n2)CC1=O. The van der Waals surface area contributed by atoms with Crippen LogP contribution in [0.2, 0.25) is 0 Å². The van der Waals surface area contributed by atoms with Gasteiger partial charge in [0.2, 0.25) is 5.91 Å². The molecule has 98 valence electrons. The van der Waals surface area contributed by atoms with Gasteiger partial charge in [-0.05, 0) is 12.8 Å². The Morgan fingerprint density at radius 1 is 1.33 bits per heavy atom. The third kappa shape index (κ3) is 2.12. The average molecular weight is 250 g/mol. The minimum Gasteiger partial charge on any atom is -0.381 e. The lowest BCUT2D eigenvalue weighted by molar-refractivity contribution is -0.126. The minimum absolute atomic E-state index is 0.146. The summed E-state index contributed by atoms with van der Waals surface area (Å²) in [4.78, 5) is 17.8. The molecule has 3 heterocycles. The van der Waals surface area contributed by atoms with Crippen LogP contribution in [0.15, 0.2) is 0 Å². The van der Waals surface area contributed by atoms with Gasteiger partial charge in [0.1, 0.15) is 5.82 Å². The van der Waals surface area contributed by atoms with Gasteiger partial charge in [0.25, 0.3) is 0 Å². The van der Waals surface area contributed by atoms with E-state index in [1.165, 1.54) is 0 Å². The van der Waals surface area contributed by atoms with Gasteiger partial charge >= 0.3 is 0 Å². The van der Waals surface area contributed by atoms with Crippen molar-refractivity contribution >= 4 is 5.91 Å². The van der Waals surface area contributed by atoms with Gasteiger partial charge in [0.15, 0.2) is 5.82 Å². The number of nitrogens with one attached hydrogen (secondary N) is 1. The van der Waals surface area contributed by atoms with Crippen molar-refractivity contribution < 1.29 is 9.53 Å². The molecule has 0 saturated carbocycles. The molecule has 18 heavy (non-hydrogen) atoms. The van der Waals surface area contributed by atoms with Gasteiger partial charge in [-0.15, -0.1) is 0 Å². The normalized spacial score (nSPS) is 25.9. The van der Waals surface area contributed by atoms with Crippen molar-refractivity contribution in [3.05, 3.63) is 11.6 Å². The molecule has 1 aromatic rings. The maximum absolute atomic E-state index is 11.5. The van der Waals surface area contributed by atoms with Crippen molar-refractivity contribution in [2.75, 3.05) is 26.8 Å². The van der Waals surface area contributed by atoms with Crippen LogP contribution in [0.25, 0.3) is 0 Å². The predicted molar refractivity (Wildman–Crippen MR) is 64.2 cm³/mol. The number of likely N-dealkylation sites (tertiary alicyclic amines) is 1. The number of hydrogen-bond acceptors (Lipinski definition) is 4. The molecule has 0 radical (unpaired) electrons. The fraction of sp³-hybridized carbons (Fsp3) is 0.750. The third-order valence-electron chi connectivity index (χ3n) is 3.83. The second-order valence-corrected chi connectivity index (χ2v) is 5.14. The maximum atomic E-state index is 11.5. The zero-order valence-electron chi connectivity index (χ0n) is 10.6. The third-order valence-corrected chi connectivity index (χ3v) is 3.83. The highest BCUT2D eigenvalue weighted by Crippen LogP contribution is 2.28. The van der Waals surface area contributed by atoms with Crippen LogP contribution in [0.1, 0.15) is 42.7 Å². The van der Waals surface area contributed by atoms with Crippen LogP contribution < -0.4 is 0 Å². The van der Waals surface area contributed by atoms with E-state index in [0.717, 1.165) is 44.2 Å². The summed E-state index contributed by atoms with van der Waals surface area (Å²) < 4.78 is 5.34. The molecule has 2 saturated heterocycles. The Morgan fingerprint density at radius 3 is 2.78 bits per heavy atom. The Morgan fingerprint density at radius 2 is 2.11 bits per heavy atom. The van der Waals surface area contributed by atoms with Gasteiger partial charge in [-0.1, -0.05) is 0 Å². The second-order valence-electron chi connectivity index (χ2n) is 5.14. The molecule has 6 heteroatoms. The first-order valence-electron chi connectivity index (χ1n) is 6.48. The fourth-order valence-electron chi connectivity index (χ4n) is 2.66. The van der Waals surface area contributed by atoms with Crippen LogP contribution in [-0.2, 0) is 9.53 Å². The lowest BCUT2D eigenvalue weighted by Gasteiger charge is -2.19. The number of ether oxygens (including phenoxy) is 1. The van der Waals surface area contributed by atoms with Crippen molar-refractivity contribution in [1.82, 2.24) is 20.1 Å². The molecule has 2 aliphatic rings. The quantitative estimate of drug-likeness (QED) is 0.836. The molecule has 1 unspecified atom stereocenters. The summed E-state index contributed by atoms with van der Waals surface area (Å²) in [6.07, 6.45) is 2.53. The highest BCUT2D eigenvalue weighted by molar-refractivity contribution is 5.79. The van der Waals surface area contributed by atoms with Crippen LogP contribution in [0.5, 0.6) is 0 Å². The lowest BCUT2D eigenvalue weighted by Crippen LogP contribution is -2.18. The zero-order valence-corrected chi connectivity index (χ0v) is 10.6. The van der Waals surface area contributed by atoms with E-state index in [-0.39, 0.29) is 11.8 Å². The molecule has 0 spiro atoms. The van der Waals surface area contributed by atoms with Crippen molar-refractivity contribution in [2.45, 2.75) is 31.1 Å². The Labute approximate surface area is 106 Å². The van der Waals surface area contributed by atoms with Crippen LogP contribution in [0.4, 0.5) is 0 Å². The largest absolute Gasteiger partial charge is 0.381 e. The number of nitrogens with zero attached hydrogens (tertiary/aromatic N) is 3. The van der Waals surface area contributed by atoms with Crippen LogP contribution in [0, 0.1) is 0 Å². The molecular weight excluding hydrogens is 232 g/mol. The standard InChI is InChI=1S/C12H18N4O2/c1-16-7-9(6-10(16)17)12-13-11(14-15-12)8-2-4-18-5-3-8/h8-9H,2-7H2,1H3,(H,13,14,15). The maximum Gasteiger partial charge on any atom is 0.223 e. The summed E-state index contributed by atoms with van der Waals surface area (Å²) in [5.74, 6) is 2.49. The molecule has 6 nitrogen and oxygen atoms in total. The topological polar surface area (TPSA) is 71.1 Å². The molecular formula is C12H18N4O2. The number of rotatable bonds is 2. The molecule has 3 rings (SSSR count). The molecule has 2 fully saturated rings. The monoisotopic (exact) mass is 250 g/mol. The zero-order chi connectivity index (χ0) is 12.5. The van der Waals surface area contributed by atoms with Crippen molar-refractivity contribution in [3.8, 4) is 0 Å². The molecule has 0 bridgehead atoms. The molecule has 1 atom stereocenters. The van der Waals surface area contributed by atoms with Gasteiger partial charge in [-0.2, -0.15) is 5.10 Å². The Bertz CT molecular complexity index is 439. The number of aromatic nitrogens is 3. The molecule has 1 amide bonds. The van der Waals surface area contributed by atoms with E-state index in [1.807, 2.05) is 7.05 Å². The lowest BCUT2D eigenvalue weighted by atomic mass is 10.00. The number of aromatic amines is 1. The minimum atomic E-state index is 0.146. The van der Waals surface area contributed by atoms with E-state index in [2.05, 4.69) is 15.2 Å². The summed E-state index contributed by atoms with van der Waals surface area (Å²) in [6, 6.07) is 0. The molecule has 2 aliphatic heterocycles. The summed E-state index contributed by atoms with van der Waals surface area (Å²) in [5.41, 5.74) is 0. The molecule has 1 aromatic heterocycles. The number of carbonyl (C=O) groups is 1. The second kappa shape index (κ2) is 4.68. The number of hydrogen-bond donors (Lipinski definition) is 1. The van der Waals surface area contributed by atoms with Gasteiger partial charge in [-0.25, -0.2) is 4.98 Å². The predicted octanol–water partition coefficient (Wildman–Crippen LogP) is 0.644. The Balaban J connectivity index is 1.71. The molecule has 1 N–H and O–H groups in total. The van der Waals surface area contributed by atoms with E-state index in [0.29, 0.717) is 12.3 Å². The van der Waals surface area contributed by atoms with E-state index in [9.17, 15) is 4.79 Å². The summed E-state index contributed by atoms with van der Waals surface area (Å²) in [6.45, 7) is 2.32. The number of H-pyrrole nitrogens is 1. The van der Waals surface area contributed by atoms with Crippen LogP contribution >= 0.6 is 0 Å². The summed E-state index contributed by atoms with van der Waals surface area (Å²) >= 11 is 0. The van der Waals surface area contributed by atoms with Crippen molar-refractivity contribution in [2.24, 2.45) is 0 Å². The van der Waals surface area contributed by atoms with E-state index < -0.39 is 0 Å². The van der Waals surface area contributed by atoms with Crippen LogP contribution in [-0.4, -0.2) is 52.8 Å². The van der Waals surface area contributed by atoms with Crippen LogP contribution in [0.3, 0.4) is 0 Å². The molecule has 0 aromatic carbocycles. The summed E-state index contributed by atoms with van der Waals surface area (Å²) in [7, 11) is 1.83. The van der Waals surface area contributed by atoms with Gasteiger partial charge in [0.05, 0.1) is 0 Å².